The molecule has 3 rings (SSSR count). The average molecular weight is 338 g/mol. The quantitative estimate of drug-likeness (QED) is 0.782. The van der Waals surface area contributed by atoms with Crippen LogP contribution in [0.4, 0.5) is 4.39 Å². The first-order valence-electron chi connectivity index (χ1n) is 5.70. The maximum Gasteiger partial charge on any atom is 0.354 e. The molecule has 2 aromatic heterocycles. The molecule has 0 atom stereocenters. The number of carboxylic acids is 1. The Labute approximate surface area is 121 Å². The minimum absolute atomic E-state index is 0.150. The van der Waals surface area contributed by atoms with Crippen molar-refractivity contribution in [1.82, 2.24) is 14.0 Å². The van der Waals surface area contributed by atoms with Crippen molar-refractivity contribution in [3.63, 3.8) is 0 Å². The third-order valence-corrected chi connectivity index (χ3v) is 3.72. The molecule has 2 heterocycles. The molecule has 0 unspecified atom stereocenters. The van der Waals surface area contributed by atoms with Gasteiger partial charge in [-0.3, -0.25) is 4.40 Å². The number of hydrogen-bond acceptors (Lipinski definition) is 2. The molecule has 0 aliphatic rings. The van der Waals surface area contributed by atoms with Crippen LogP contribution in [0.2, 0.25) is 0 Å². The number of imidazole rings is 2. The van der Waals surface area contributed by atoms with Crippen LogP contribution in [-0.2, 0) is 7.05 Å². The van der Waals surface area contributed by atoms with Crippen LogP contribution in [0.1, 0.15) is 10.5 Å². The predicted molar refractivity (Wildman–Crippen MR) is 74.2 cm³/mol. The van der Waals surface area contributed by atoms with E-state index >= 15 is 0 Å². The number of carbonyl (C=O) groups is 1. The zero-order chi connectivity index (χ0) is 14.4. The van der Waals surface area contributed by atoms with Crippen molar-refractivity contribution in [2.24, 2.45) is 7.05 Å². The van der Waals surface area contributed by atoms with E-state index in [0.717, 1.165) is 5.56 Å². The SMILES string of the molecule is Cn1c(C(=O)O)cn2cc(-c3ccc(F)cc3Br)nc12. The number of halogens is 2. The van der Waals surface area contributed by atoms with E-state index in [2.05, 4.69) is 20.9 Å². The number of fused-ring (bicyclic) bond motifs is 1. The normalized spacial score (nSPS) is 11.2. The lowest BCUT2D eigenvalue weighted by Crippen LogP contribution is -2.04. The Morgan fingerprint density at radius 3 is 2.75 bits per heavy atom. The topological polar surface area (TPSA) is 59.5 Å². The molecule has 0 aliphatic heterocycles. The van der Waals surface area contributed by atoms with E-state index in [1.807, 2.05) is 0 Å². The summed E-state index contributed by atoms with van der Waals surface area (Å²) in [7, 11) is 1.63. The number of carboxylic acid groups (broad SMARTS) is 1. The van der Waals surface area contributed by atoms with Gasteiger partial charge in [-0.15, -0.1) is 0 Å². The number of rotatable bonds is 2. The van der Waals surface area contributed by atoms with Crippen LogP contribution < -0.4 is 0 Å². The molecule has 0 fully saturated rings. The Balaban J connectivity index is 2.17. The van der Waals surface area contributed by atoms with Gasteiger partial charge in [0.05, 0.1) is 5.69 Å². The van der Waals surface area contributed by atoms with Gasteiger partial charge in [-0.2, -0.15) is 0 Å². The number of aryl methyl sites for hydroxylation is 1. The molecule has 3 aromatic rings. The first-order valence-corrected chi connectivity index (χ1v) is 6.50. The van der Waals surface area contributed by atoms with Crippen molar-refractivity contribution in [2.75, 3.05) is 0 Å². The van der Waals surface area contributed by atoms with Crippen LogP contribution >= 0.6 is 15.9 Å². The van der Waals surface area contributed by atoms with Gasteiger partial charge in [0, 0.05) is 29.5 Å². The summed E-state index contributed by atoms with van der Waals surface area (Å²) in [5, 5.41) is 9.03. The summed E-state index contributed by atoms with van der Waals surface area (Å²) in [4.78, 5) is 15.4. The van der Waals surface area contributed by atoms with Crippen molar-refractivity contribution in [3.05, 3.63) is 46.6 Å². The van der Waals surface area contributed by atoms with Gasteiger partial charge in [-0.25, -0.2) is 14.2 Å². The van der Waals surface area contributed by atoms with Crippen molar-refractivity contribution >= 4 is 27.7 Å². The summed E-state index contributed by atoms with van der Waals surface area (Å²) in [5.41, 5.74) is 1.53. The molecule has 0 amide bonds. The lowest BCUT2D eigenvalue weighted by molar-refractivity contribution is 0.0686. The highest BCUT2D eigenvalue weighted by molar-refractivity contribution is 9.10. The second-order valence-corrected chi connectivity index (χ2v) is 5.19. The van der Waals surface area contributed by atoms with E-state index in [-0.39, 0.29) is 11.5 Å². The summed E-state index contributed by atoms with van der Waals surface area (Å²) >= 11 is 3.30. The smallest absolute Gasteiger partial charge is 0.354 e. The summed E-state index contributed by atoms with van der Waals surface area (Å²) in [6.45, 7) is 0. The molecule has 7 heteroatoms. The number of nitrogens with zero attached hydrogens (tertiary/aromatic N) is 3. The molecule has 0 saturated heterocycles. The Hall–Kier alpha value is -2.15. The van der Waals surface area contributed by atoms with E-state index in [1.54, 1.807) is 23.7 Å². The molecule has 20 heavy (non-hydrogen) atoms. The standard InChI is InChI=1S/C13H9BrFN3O2/c1-17-11(12(19)20)6-18-5-10(16-13(17)18)8-3-2-7(15)4-9(8)14/h2-6H,1H3,(H,19,20). The van der Waals surface area contributed by atoms with Crippen molar-refractivity contribution < 1.29 is 14.3 Å². The van der Waals surface area contributed by atoms with Crippen LogP contribution in [-0.4, -0.2) is 25.0 Å². The van der Waals surface area contributed by atoms with Crippen molar-refractivity contribution in [3.8, 4) is 11.3 Å². The zero-order valence-corrected chi connectivity index (χ0v) is 11.9. The van der Waals surface area contributed by atoms with Crippen molar-refractivity contribution in [1.29, 1.82) is 0 Å². The molecule has 0 radical (unpaired) electrons. The largest absolute Gasteiger partial charge is 0.477 e. The van der Waals surface area contributed by atoms with Gasteiger partial charge >= 0.3 is 5.97 Å². The minimum Gasteiger partial charge on any atom is -0.477 e. The van der Waals surface area contributed by atoms with Gasteiger partial charge in [0.15, 0.2) is 0 Å². The Morgan fingerprint density at radius 1 is 1.40 bits per heavy atom. The molecule has 0 spiro atoms. The molecular weight excluding hydrogens is 329 g/mol. The molecule has 5 nitrogen and oxygen atoms in total. The number of hydrogen-bond donors (Lipinski definition) is 1. The van der Waals surface area contributed by atoms with Gasteiger partial charge in [-0.05, 0) is 34.1 Å². The Bertz CT molecular complexity index is 838. The minimum atomic E-state index is -1.01. The van der Waals surface area contributed by atoms with E-state index in [4.69, 9.17) is 5.11 Å². The highest BCUT2D eigenvalue weighted by Crippen LogP contribution is 2.28. The monoisotopic (exact) mass is 337 g/mol. The molecular formula is C13H9BrFN3O2. The lowest BCUT2D eigenvalue weighted by Gasteiger charge is -2.00. The molecule has 0 aliphatic carbocycles. The zero-order valence-electron chi connectivity index (χ0n) is 10.3. The summed E-state index contributed by atoms with van der Waals surface area (Å²) in [6, 6.07) is 4.34. The van der Waals surface area contributed by atoms with Gasteiger partial charge in [-0.1, -0.05) is 0 Å². The van der Waals surface area contributed by atoms with Crippen LogP contribution in [0.15, 0.2) is 35.1 Å². The summed E-state index contributed by atoms with van der Waals surface area (Å²) in [5.74, 6) is -0.839. The molecule has 0 bridgehead atoms. The molecule has 0 saturated carbocycles. The summed E-state index contributed by atoms with van der Waals surface area (Å²) < 4.78 is 16.8. The first-order chi connectivity index (χ1) is 9.47. The molecule has 102 valence electrons. The fourth-order valence-electron chi connectivity index (χ4n) is 2.08. The fraction of sp³-hybridized carbons (Fsp3) is 0.0769. The van der Waals surface area contributed by atoms with Gasteiger partial charge in [0.2, 0.25) is 5.78 Å². The van der Waals surface area contributed by atoms with Crippen molar-refractivity contribution in [2.45, 2.75) is 0 Å². The maximum atomic E-state index is 13.1. The summed E-state index contributed by atoms with van der Waals surface area (Å²) in [6.07, 6.45) is 3.20. The fourth-order valence-corrected chi connectivity index (χ4v) is 2.63. The molecule has 1 N–H and O–H groups in total. The van der Waals surface area contributed by atoms with Crippen LogP contribution in [0.25, 0.3) is 17.0 Å². The number of benzene rings is 1. The highest BCUT2D eigenvalue weighted by Gasteiger charge is 2.16. The Morgan fingerprint density at radius 2 is 2.15 bits per heavy atom. The second kappa shape index (κ2) is 4.45. The number of aromatic nitrogens is 3. The van der Waals surface area contributed by atoms with Gasteiger partial charge in [0.25, 0.3) is 0 Å². The van der Waals surface area contributed by atoms with E-state index in [0.29, 0.717) is 15.9 Å². The van der Waals surface area contributed by atoms with Crippen LogP contribution in [0.3, 0.4) is 0 Å². The van der Waals surface area contributed by atoms with Crippen LogP contribution in [0.5, 0.6) is 0 Å². The van der Waals surface area contributed by atoms with Gasteiger partial charge in [0.1, 0.15) is 11.5 Å². The first kappa shape index (κ1) is 12.9. The predicted octanol–water partition coefficient (Wildman–Crippen LogP) is 2.94. The van der Waals surface area contributed by atoms with E-state index in [9.17, 15) is 9.18 Å². The third-order valence-electron chi connectivity index (χ3n) is 3.06. The second-order valence-electron chi connectivity index (χ2n) is 4.34. The maximum absolute atomic E-state index is 13.1. The van der Waals surface area contributed by atoms with E-state index in [1.165, 1.54) is 22.9 Å². The third kappa shape index (κ3) is 1.90. The van der Waals surface area contributed by atoms with Crippen LogP contribution in [0, 0.1) is 5.82 Å². The lowest BCUT2D eigenvalue weighted by atomic mass is 10.2. The average Bonchev–Trinajstić information content (AvgIpc) is 2.89. The van der Waals surface area contributed by atoms with E-state index < -0.39 is 5.97 Å². The highest BCUT2D eigenvalue weighted by atomic mass is 79.9. The molecule has 1 aromatic carbocycles. The number of aromatic carboxylic acids is 1. The Kier molecular flexibility index (Phi) is 2.86. The van der Waals surface area contributed by atoms with Gasteiger partial charge < -0.3 is 9.67 Å².